The van der Waals surface area contributed by atoms with Gasteiger partial charge in [0.05, 0.1) is 10.6 Å². The second-order valence-electron chi connectivity index (χ2n) is 3.89. The molecule has 0 saturated heterocycles. The lowest BCUT2D eigenvalue weighted by molar-refractivity contribution is 0.436. The molecule has 2 N–H and O–H groups in total. The molecule has 0 unspecified atom stereocenters. The van der Waals surface area contributed by atoms with Crippen molar-refractivity contribution in [2.24, 2.45) is 0 Å². The molecule has 0 fully saturated rings. The van der Waals surface area contributed by atoms with E-state index in [0.29, 0.717) is 11.3 Å². The van der Waals surface area contributed by atoms with Crippen molar-refractivity contribution in [2.45, 2.75) is 0 Å². The highest BCUT2D eigenvalue weighted by Crippen LogP contribution is 2.39. The fourth-order valence-electron chi connectivity index (χ4n) is 1.85. The molecular weight excluding hydrogens is 287 g/mol. The van der Waals surface area contributed by atoms with Gasteiger partial charge in [0, 0.05) is 16.5 Å². The molecule has 2 aromatic heterocycles. The zero-order valence-corrected chi connectivity index (χ0v) is 11.1. The Balaban J connectivity index is 2.26. The van der Waals surface area contributed by atoms with E-state index in [1.807, 2.05) is 16.8 Å². The molecule has 0 aliphatic heterocycles. The molecule has 0 aliphatic rings. The minimum Gasteiger partial charge on any atom is -0.380 e. The Bertz CT molecular complexity index is 724. The van der Waals surface area contributed by atoms with Gasteiger partial charge in [-0.3, -0.25) is 0 Å². The van der Waals surface area contributed by atoms with Crippen LogP contribution in [0.25, 0.3) is 22.5 Å². The first-order valence-electron chi connectivity index (χ1n) is 5.40. The van der Waals surface area contributed by atoms with Crippen LogP contribution in [0.15, 0.2) is 39.5 Å². The SMILES string of the molecule is Nc1noc(-c2ccsc2)c1-c1cccc(Cl)c1F. The Morgan fingerprint density at radius 2 is 2.16 bits per heavy atom. The molecule has 0 bridgehead atoms. The van der Waals surface area contributed by atoms with E-state index in [4.69, 9.17) is 21.9 Å². The van der Waals surface area contributed by atoms with Crippen LogP contribution in [0.2, 0.25) is 5.02 Å². The summed E-state index contributed by atoms with van der Waals surface area (Å²) in [6, 6.07) is 6.59. The Morgan fingerprint density at radius 3 is 2.89 bits per heavy atom. The summed E-state index contributed by atoms with van der Waals surface area (Å²) in [7, 11) is 0. The third kappa shape index (κ3) is 2.01. The summed E-state index contributed by atoms with van der Waals surface area (Å²) in [6.45, 7) is 0. The van der Waals surface area contributed by atoms with Gasteiger partial charge in [0.1, 0.15) is 5.82 Å². The van der Waals surface area contributed by atoms with Crippen molar-refractivity contribution >= 4 is 28.8 Å². The molecule has 0 aliphatic carbocycles. The third-order valence-electron chi connectivity index (χ3n) is 2.72. The first-order valence-corrected chi connectivity index (χ1v) is 6.72. The van der Waals surface area contributed by atoms with Gasteiger partial charge in [-0.15, -0.1) is 0 Å². The molecule has 96 valence electrons. The Morgan fingerprint density at radius 1 is 1.32 bits per heavy atom. The van der Waals surface area contributed by atoms with Crippen LogP contribution < -0.4 is 5.73 Å². The minimum absolute atomic E-state index is 0.0365. The highest BCUT2D eigenvalue weighted by molar-refractivity contribution is 7.08. The Kier molecular flexibility index (Phi) is 3.00. The summed E-state index contributed by atoms with van der Waals surface area (Å²) in [5, 5.41) is 7.53. The maximum atomic E-state index is 14.1. The molecule has 19 heavy (non-hydrogen) atoms. The zero-order chi connectivity index (χ0) is 13.4. The van der Waals surface area contributed by atoms with Gasteiger partial charge in [0.25, 0.3) is 0 Å². The number of rotatable bonds is 2. The normalized spacial score (nSPS) is 10.8. The van der Waals surface area contributed by atoms with Crippen LogP contribution in [0, 0.1) is 5.82 Å². The van der Waals surface area contributed by atoms with Crippen LogP contribution >= 0.6 is 22.9 Å². The van der Waals surface area contributed by atoms with Crippen LogP contribution in [-0.4, -0.2) is 5.16 Å². The van der Waals surface area contributed by atoms with Crippen LogP contribution in [0.5, 0.6) is 0 Å². The highest BCUT2D eigenvalue weighted by Gasteiger charge is 2.21. The Hall–Kier alpha value is -1.85. The van der Waals surface area contributed by atoms with Gasteiger partial charge in [-0.05, 0) is 17.5 Å². The lowest BCUT2D eigenvalue weighted by Crippen LogP contribution is -1.92. The minimum atomic E-state index is -0.532. The van der Waals surface area contributed by atoms with Crippen molar-refractivity contribution in [2.75, 3.05) is 5.73 Å². The largest absolute Gasteiger partial charge is 0.380 e. The van der Waals surface area contributed by atoms with E-state index in [2.05, 4.69) is 5.16 Å². The first-order chi connectivity index (χ1) is 9.18. The molecule has 2 heterocycles. The summed E-state index contributed by atoms with van der Waals surface area (Å²) in [5.74, 6) is 0.0535. The maximum Gasteiger partial charge on any atom is 0.177 e. The van der Waals surface area contributed by atoms with E-state index in [9.17, 15) is 4.39 Å². The van der Waals surface area contributed by atoms with Crippen molar-refractivity contribution < 1.29 is 8.91 Å². The summed E-state index contributed by atoms with van der Waals surface area (Å²) in [4.78, 5) is 0. The molecule has 0 radical (unpaired) electrons. The molecule has 0 amide bonds. The number of halogens is 2. The molecular formula is C13H8ClFN2OS. The summed E-state index contributed by atoms with van der Waals surface area (Å²) < 4.78 is 19.3. The number of hydrogen-bond donors (Lipinski definition) is 1. The van der Waals surface area contributed by atoms with E-state index < -0.39 is 5.82 Å². The average Bonchev–Trinajstić information content (AvgIpc) is 3.02. The molecule has 3 aromatic rings. The fraction of sp³-hybridized carbons (Fsp3) is 0. The number of nitrogens with two attached hydrogens (primary N) is 1. The van der Waals surface area contributed by atoms with Crippen molar-refractivity contribution in [3.8, 4) is 22.5 Å². The fourth-order valence-corrected chi connectivity index (χ4v) is 2.66. The second kappa shape index (κ2) is 4.68. The molecule has 1 aromatic carbocycles. The number of thiophene rings is 1. The summed E-state index contributed by atoms with van der Waals surface area (Å²) >= 11 is 7.30. The number of aromatic nitrogens is 1. The summed E-state index contributed by atoms with van der Waals surface area (Å²) in [6.07, 6.45) is 0. The van der Waals surface area contributed by atoms with Crippen LogP contribution in [-0.2, 0) is 0 Å². The van der Waals surface area contributed by atoms with Crippen molar-refractivity contribution in [1.29, 1.82) is 0 Å². The monoisotopic (exact) mass is 294 g/mol. The zero-order valence-electron chi connectivity index (χ0n) is 9.56. The van der Waals surface area contributed by atoms with Crippen molar-refractivity contribution in [1.82, 2.24) is 5.16 Å². The van der Waals surface area contributed by atoms with Gasteiger partial charge < -0.3 is 10.3 Å². The molecule has 6 heteroatoms. The van der Waals surface area contributed by atoms with Gasteiger partial charge >= 0.3 is 0 Å². The van der Waals surface area contributed by atoms with Crippen LogP contribution in [0.1, 0.15) is 0 Å². The molecule has 0 spiro atoms. The molecule has 0 atom stereocenters. The van der Waals surface area contributed by atoms with Gasteiger partial charge in [0.2, 0.25) is 0 Å². The lowest BCUT2D eigenvalue weighted by atomic mass is 10.0. The molecule has 0 saturated carbocycles. The average molecular weight is 295 g/mol. The quantitative estimate of drug-likeness (QED) is 0.760. The van der Waals surface area contributed by atoms with E-state index >= 15 is 0 Å². The number of benzene rings is 1. The number of nitrogen functional groups attached to an aromatic ring is 1. The highest BCUT2D eigenvalue weighted by atomic mass is 35.5. The van der Waals surface area contributed by atoms with Gasteiger partial charge in [-0.25, -0.2) is 4.39 Å². The van der Waals surface area contributed by atoms with Crippen molar-refractivity contribution in [3.05, 3.63) is 45.9 Å². The van der Waals surface area contributed by atoms with Crippen LogP contribution in [0.4, 0.5) is 10.2 Å². The van der Waals surface area contributed by atoms with E-state index in [1.165, 1.54) is 17.4 Å². The lowest BCUT2D eigenvalue weighted by Gasteiger charge is -2.04. The molecule has 3 rings (SSSR count). The van der Waals surface area contributed by atoms with E-state index in [-0.39, 0.29) is 16.4 Å². The number of hydrogen-bond acceptors (Lipinski definition) is 4. The third-order valence-corrected chi connectivity index (χ3v) is 3.70. The Labute approximate surface area is 117 Å². The summed E-state index contributed by atoms with van der Waals surface area (Å²) in [5.41, 5.74) is 7.31. The maximum absolute atomic E-state index is 14.1. The number of nitrogens with zero attached hydrogens (tertiary/aromatic N) is 1. The smallest absolute Gasteiger partial charge is 0.177 e. The standard InChI is InChI=1S/C13H8ClFN2OS/c14-9-3-1-2-8(11(9)15)10-12(18-17-13(10)16)7-4-5-19-6-7/h1-6H,(H2,16,17). The topological polar surface area (TPSA) is 52.0 Å². The predicted octanol–water partition coefficient (Wildman–Crippen LogP) is 4.44. The predicted molar refractivity (Wildman–Crippen MR) is 74.6 cm³/mol. The van der Waals surface area contributed by atoms with Gasteiger partial charge in [-0.1, -0.05) is 28.9 Å². The second-order valence-corrected chi connectivity index (χ2v) is 5.07. The van der Waals surface area contributed by atoms with Crippen LogP contribution in [0.3, 0.4) is 0 Å². The van der Waals surface area contributed by atoms with Gasteiger partial charge in [0.15, 0.2) is 11.6 Å². The van der Waals surface area contributed by atoms with Crippen molar-refractivity contribution in [3.63, 3.8) is 0 Å². The van der Waals surface area contributed by atoms with E-state index in [0.717, 1.165) is 5.56 Å². The van der Waals surface area contributed by atoms with E-state index in [1.54, 1.807) is 12.1 Å². The van der Waals surface area contributed by atoms with Gasteiger partial charge in [-0.2, -0.15) is 11.3 Å². The molecule has 3 nitrogen and oxygen atoms in total. The first kappa shape index (κ1) is 12.2. The number of anilines is 1.